The van der Waals surface area contributed by atoms with Crippen LogP contribution in [0, 0.1) is 6.92 Å². The molecular formula is C14H24N4. The second-order valence-corrected chi connectivity index (χ2v) is 5.32. The lowest BCUT2D eigenvalue weighted by molar-refractivity contribution is 0.0548. The third-order valence-electron chi connectivity index (χ3n) is 4.12. The van der Waals surface area contributed by atoms with Crippen molar-refractivity contribution in [2.24, 2.45) is 5.73 Å². The first-order chi connectivity index (χ1) is 8.65. The van der Waals surface area contributed by atoms with Gasteiger partial charge in [-0.25, -0.2) is 0 Å². The largest absolute Gasteiger partial charge is 0.329 e. The monoisotopic (exact) mass is 248 g/mol. The average molecular weight is 248 g/mol. The predicted molar refractivity (Wildman–Crippen MR) is 73.2 cm³/mol. The molecule has 0 spiro atoms. The van der Waals surface area contributed by atoms with Gasteiger partial charge >= 0.3 is 0 Å². The number of nitrogens with two attached hydrogens (primary N) is 1. The molecule has 0 radical (unpaired) electrons. The number of hydrogen-bond donors (Lipinski definition) is 1. The fourth-order valence-electron chi connectivity index (χ4n) is 3.21. The molecule has 18 heavy (non-hydrogen) atoms. The van der Waals surface area contributed by atoms with E-state index in [0.717, 1.165) is 17.9 Å². The van der Waals surface area contributed by atoms with Crippen LogP contribution < -0.4 is 5.73 Å². The Morgan fingerprint density at radius 2 is 2.11 bits per heavy atom. The van der Waals surface area contributed by atoms with Crippen molar-refractivity contribution in [3.63, 3.8) is 0 Å². The van der Waals surface area contributed by atoms with Crippen molar-refractivity contribution in [3.8, 4) is 0 Å². The average Bonchev–Trinajstić information content (AvgIpc) is 2.38. The summed E-state index contributed by atoms with van der Waals surface area (Å²) in [6.07, 6.45) is 7.27. The molecule has 1 fully saturated rings. The van der Waals surface area contributed by atoms with Crippen LogP contribution in [0.5, 0.6) is 0 Å². The first-order valence-electron chi connectivity index (χ1n) is 6.90. The molecule has 0 aromatic carbocycles. The Balaban J connectivity index is 2.25. The van der Waals surface area contributed by atoms with Crippen molar-refractivity contribution < 1.29 is 0 Å². The number of aromatic nitrogens is 2. The first-order valence-corrected chi connectivity index (χ1v) is 6.90. The van der Waals surface area contributed by atoms with Crippen molar-refractivity contribution in [2.45, 2.75) is 58.2 Å². The summed E-state index contributed by atoms with van der Waals surface area (Å²) in [5.74, 6) is 0. The zero-order valence-corrected chi connectivity index (χ0v) is 11.6. The van der Waals surface area contributed by atoms with Gasteiger partial charge in [0.25, 0.3) is 0 Å². The molecule has 1 aliphatic rings. The summed E-state index contributed by atoms with van der Waals surface area (Å²) in [6, 6.07) is 1.34. The Hall–Kier alpha value is -1.00. The van der Waals surface area contributed by atoms with Gasteiger partial charge in [0, 0.05) is 31.0 Å². The lowest BCUT2D eigenvalue weighted by atomic mass is 9.93. The highest BCUT2D eigenvalue weighted by Gasteiger charge is 2.32. The van der Waals surface area contributed by atoms with E-state index in [1.54, 1.807) is 12.4 Å². The summed E-state index contributed by atoms with van der Waals surface area (Å²) >= 11 is 0. The molecule has 0 aliphatic carbocycles. The summed E-state index contributed by atoms with van der Waals surface area (Å²) in [7, 11) is 0. The van der Waals surface area contributed by atoms with Crippen LogP contribution in [0.1, 0.15) is 50.5 Å². The highest BCUT2D eigenvalue weighted by Crippen LogP contribution is 2.31. The molecule has 0 bridgehead atoms. The fourth-order valence-corrected chi connectivity index (χ4v) is 3.21. The number of rotatable bonds is 3. The van der Waals surface area contributed by atoms with Crippen molar-refractivity contribution in [1.29, 1.82) is 0 Å². The maximum atomic E-state index is 5.93. The van der Waals surface area contributed by atoms with Crippen LogP contribution in [-0.4, -0.2) is 33.5 Å². The van der Waals surface area contributed by atoms with Crippen molar-refractivity contribution >= 4 is 0 Å². The maximum Gasteiger partial charge on any atom is 0.0784 e. The number of piperidine rings is 1. The molecule has 3 unspecified atom stereocenters. The van der Waals surface area contributed by atoms with E-state index >= 15 is 0 Å². The molecule has 0 saturated carbocycles. The van der Waals surface area contributed by atoms with E-state index in [1.165, 1.54) is 19.3 Å². The molecule has 0 amide bonds. The molecule has 2 N–H and O–H groups in total. The fraction of sp³-hybridized carbons (Fsp3) is 0.714. The maximum absolute atomic E-state index is 5.93. The Labute approximate surface area is 110 Å². The molecule has 1 aliphatic heterocycles. The Bertz CT molecular complexity index is 393. The van der Waals surface area contributed by atoms with Crippen LogP contribution in [0.25, 0.3) is 0 Å². The molecular weight excluding hydrogens is 224 g/mol. The summed E-state index contributed by atoms with van der Waals surface area (Å²) in [5.41, 5.74) is 8.05. The van der Waals surface area contributed by atoms with Crippen molar-refractivity contribution in [3.05, 3.63) is 23.8 Å². The second kappa shape index (κ2) is 5.76. The van der Waals surface area contributed by atoms with E-state index in [9.17, 15) is 0 Å². The topological polar surface area (TPSA) is 55.0 Å². The molecule has 1 aromatic heterocycles. The van der Waals surface area contributed by atoms with E-state index in [1.807, 2.05) is 6.92 Å². The van der Waals surface area contributed by atoms with Gasteiger partial charge in [-0.15, -0.1) is 0 Å². The minimum absolute atomic E-state index is 0.294. The zero-order chi connectivity index (χ0) is 13.1. The van der Waals surface area contributed by atoms with E-state index in [-0.39, 0.29) is 0 Å². The SMILES string of the molecule is Cc1nccnc1C(C)N1C(C)CCCC1CN. The molecule has 3 atom stereocenters. The van der Waals surface area contributed by atoms with Gasteiger partial charge in [-0.05, 0) is 33.6 Å². The molecule has 100 valence electrons. The van der Waals surface area contributed by atoms with Crippen LogP contribution in [-0.2, 0) is 0 Å². The van der Waals surface area contributed by atoms with Gasteiger partial charge in [0.05, 0.1) is 17.4 Å². The van der Waals surface area contributed by atoms with Crippen LogP contribution >= 0.6 is 0 Å². The lowest BCUT2D eigenvalue weighted by Gasteiger charge is -2.44. The highest BCUT2D eigenvalue weighted by atomic mass is 15.2. The van der Waals surface area contributed by atoms with Gasteiger partial charge in [0.15, 0.2) is 0 Å². The van der Waals surface area contributed by atoms with Crippen molar-refractivity contribution in [1.82, 2.24) is 14.9 Å². The third-order valence-corrected chi connectivity index (χ3v) is 4.12. The van der Waals surface area contributed by atoms with Crippen LogP contribution in [0.15, 0.2) is 12.4 Å². The van der Waals surface area contributed by atoms with E-state index in [0.29, 0.717) is 18.1 Å². The van der Waals surface area contributed by atoms with Gasteiger partial charge in [-0.1, -0.05) is 6.42 Å². The number of nitrogens with zero attached hydrogens (tertiary/aromatic N) is 3. The number of likely N-dealkylation sites (tertiary alicyclic amines) is 1. The minimum Gasteiger partial charge on any atom is -0.329 e. The van der Waals surface area contributed by atoms with Gasteiger partial charge in [-0.2, -0.15) is 0 Å². The summed E-state index contributed by atoms with van der Waals surface area (Å²) in [4.78, 5) is 11.4. The normalized spacial score (nSPS) is 27.1. The van der Waals surface area contributed by atoms with Gasteiger partial charge in [0.1, 0.15) is 0 Å². The van der Waals surface area contributed by atoms with Gasteiger partial charge in [-0.3, -0.25) is 14.9 Å². The van der Waals surface area contributed by atoms with Gasteiger partial charge < -0.3 is 5.73 Å². The Morgan fingerprint density at radius 3 is 2.78 bits per heavy atom. The van der Waals surface area contributed by atoms with E-state index < -0.39 is 0 Å². The molecule has 1 aromatic rings. The van der Waals surface area contributed by atoms with Crippen LogP contribution in [0.2, 0.25) is 0 Å². The molecule has 4 nitrogen and oxygen atoms in total. The molecule has 2 rings (SSSR count). The summed E-state index contributed by atoms with van der Waals surface area (Å²) in [5, 5.41) is 0. The van der Waals surface area contributed by atoms with Crippen molar-refractivity contribution in [2.75, 3.05) is 6.54 Å². The second-order valence-electron chi connectivity index (χ2n) is 5.32. The summed E-state index contributed by atoms with van der Waals surface area (Å²) < 4.78 is 0. The molecule has 2 heterocycles. The molecule has 4 heteroatoms. The summed E-state index contributed by atoms with van der Waals surface area (Å²) in [6.45, 7) is 7.28. The first kappa shape index (κ1) is 13.4. The lowest BCUT2D eigenvalue weighted by Crippen LogP contribution is -2.50. The third kappa shape index (κ3) is 2.54. The highest BCUT2D eigenvalue weighted by molar-refractivity contribution is 5.13. The smallest absolute Gasteiger partial charge is 0.0784 e. The zero-order valence-electron chi connectivity index (χ0n) is 11.6. The number of hydrogen-bond acceptors (Lipinski definition) is 4. The molecule has 1 saturated heterocycles. The minimum atomic E-state index is 0.294. The van der Waals surface area contributed by atoms with Gasteiger partial charge in [0.2, 0.25) is 0 Å². The van der Waals surface area contributed by atoms with Crippen LogP contribution in [0.3, 0.4) is 0 Å². The Kier molecular flexibility index (Phi) is 4.30. The van der Waals surface area contributed by atoms with Crippen LogP contribution in [0.4, 0.5) is 0 Å². The van der Waals surface area contributed by atoms with E-state index in [2.05, 4.69) is 28.7 Å². The standard InChI is InChI=1S/C14H24N4/c1-10-5-4-6-13(9-15)18(10)12(3)14-11(2)16-7-8-17-14/h7-8,10,12-13H,4-6,9,15H2,1-3H3. The predicted octanol–water partition coefficient (Wildman–Crippen LogP) is 2.05. The number of aryl methyl sites for hydroxylation is 1. The van der Waals surface area contributed by atoms with E-state index in [4.69, 9.17) is 5.73 Å². The quantitative estimate of drug-likeness (QED) is 0.889. The Morgan fingerprint density at radius 1 is 1.39 bits per heavy atom.